The van der Waals surface area contributed by atoms with Crippen molar-refractivity contribution in [3.63, 3.8) is 0 Å². The Hall–Kier alpha value is -0.810. The van der Waals surface area contributed by atoms with Gasteiger partial charge in [0.25, 0.3) is 0 Å². The van der Waals surface area contributed by atoms with E-state index in [2.05, 4.69) is 10.1 Å². The third kappa shape index (κ3) is 2.95. The molecule has 96 valence electrons. The van der Waals surface area contributed by atoms with Gasteiger partial charge in [0.1, 0.15) is 11.9 Å². The van der Waals surface area contributed by atoms with E-state index in [9.17, 15) is 5.11 Å². The van der Waals surface area contributed by atoms with Gasteiger partial charge in [0.05, 0.1) is 6.54 Å². The number of aromatic nitrogens is 3. The average Bonchev–Trinajstić information content (AvgIpc) is 2.57. The van der Waals surface area contributed by atoms with E-state index in [1.54, 1.807) is 25.1 Å². The van der Waals surface area contributed by atoms with Gasteiger partial charge in [-0.25, -0.2) is 9.67 Å². The normalized spacial score (nSPS) is 12.7. The van der Waals surface area contributed by atoms with Gasteiger partial charge in [-0.15, -0.1) is 5.10 Å². The second-order valence-electron chi connectivity index (χ2n) is 3.79. The van der Waals surface area contributed by atoms with Gasteiger partial charge < -0.3 is 5.11 Å². The topological polar surface area (TPSA) is 50.9 Å². The molecule has 0 aliphatic rings. The molecule has 0 saturated carbocycles. The molecule has 0 unspecified atom stereocenters. The molecule has 7 heteroatoms. The summed E-state index contributed by atoms with van der Waals surface area (Å²) in [5.41, 5.74) is 0.590. The summed E-state index contributed by atoms with van der Waals surface area (Å²) in [4.78, 5) is 3.95. The van der Waals surface area contributed by atoms with Crippen LogP contribution in [0.15, 0.2) is 18.2 Å². The van der Waals surface area contributed by atoms with Crippen LogP contribution in [0.1, 0.15) is 17.5 Å². The zero-order valence-corrected chi connectivity index (χ0v) is 11.7. The number of hydrogen-bond donors (Lipinski definition) is 1. The monoisotopic (exact) mass is 305 g/mol. The first-order valence-corrected chi connectivity index (χ1v) is 6.30. The third-order valence-corrected chi connectivity index (χ3v) is 3.22. The average molecular weight is 307 g/mol. The lowest BCUT2D eigenvalue weighted by Gasteiger charge is -2.13. The molecule has 2 aromatic rings. The Morgan fingerprint density at radius 1 is 1.33 bits per heavy atom. The van der Waals surface area contributed by atoms with E-state index in [1.807, 2.05) is 0 Å². The molecule has 0 aliphatic heterocycles. The summed E-state index contributed by atoms with van der Waals surface area (Å²) in [5, 5.41) is 15.2. The molecule has 0 bridgehead atoms. The zero-order valence-electron chi connectivity index (χ0n) is 9.44. The maximum atomic E-state index is 10.1. The molecular weight excluding hydrogens is 296 g/mol. The van der Waals surface area contributed by atoms with Gasteiger partial charge in [-0.05, 0) is 30.7 Å². The number of aliphatic hydroxyl groups is 1. The van der Waals surface area contributed by atoms with Crippen molar-refractivity contribution in [2.75, 3.05) is 0 Å². The SMILES string of the molecule is Cc1nc(Cl)nn1C[C@H](O)c1ccc(Cl)cc1Cl. The molecule has 0 radical (unpaired) electrons. The standard InChI is InChI=1S/C11H10Cl3N3O/c1-6-15-11(14)16-17(6)5-10(18)8-3-2-7(12)4-9(8)13/h2-4,10,18H,5H2,1H3/t10-/m0/s1. The summed E-state index contributed by atoms with van der Waals surface area (Å²) in [6.45, 7) is 1.99. The van der Waals surface area contributed by atoms with Crippen molar-refractivity contribution in [3.8, 4) is 0 Å². The van der Waals surface area contributed by atoms with Crippen molar-refractivity contribution in [2.24, 2.45) is 0 Å². The number of aliphatic hydroxyl groups excluding tert-OH is 1. The molecule has 4 nitrogen and oxygen atoms in total. The number of nitrogens with zero attached hydrogens (tertiary/aromatic N) is 3. The molecule has 1 aromatic heterocycles. The second-order valence-corrected chi connectivity index (χ2v) is 4.97. The molecular formula is C11H10Cl3N3O. The van der Waals surface area contributed by atoms with Crippen molar-refractivity contribution in [1.29, 1.82) is 0 Å². The lowest BCUT2D eigenvalue weighted by Crippen LogP contribution is -2.11. The fraction of sp³-hybridized carbons (Fsp3) is 0.273. The van der Waals surface area contributed by atoms with Crippen LogP contribution >= 0.6 is 34.8 Å². The summed E-state index contributed by atoms with van der Waals surface area (Å²) in [5.74, 6) is 0.629. The molecule has 0 saturated heterocycles. The van der Waals surface area contributed by atoms with E-state index < -0.39 is 6.10 Å². The maximum Gasteiger partial charge on any atom is 0.242 e. The molecule has 1 N–H and O–H groups in total. The maximum absolute atomic E-state index is 10.1. The Bertz CT molecular complexity index is 571. The molecule has 1 atom stereocenters. The van der Waals surface area contributed by atoms with Crippen molar-refractivity contribution in [1.82, 2.24) is 14.8 Å². The van der Waals surface area contributed by atoms with E-state index in [4.69, 9.17) is 34.8 Å². The minimum Gasteiger partial charge on any atom is -0.386 e. The quantitative estimate of drug-likeness (QED) is 0.946. The summed E-state index contributed by atoms with van der Waals surface area (Å²) >= 11 is 17.5. The summed E-state index contributed by atoms with van der Waals surface area (Å²) < 4.78 is 1.53. The largest absolute Gasteiger partial charge is 0.386 e. The van der Waals surface area contributed by atoms with Crippen LogP contribution < -0.4 is 0 Å². The minimum atomic E-state index is -0.800. The minimum absolute atomic E-state index is 0.155. The Morgan fingerprint density at radius 3 is 2.61 bits per heavy atom. The van der Waals surface area contributed by atoms with E-state index in [1.165, 1.54) is 4.68 Å². The van der Waals surface area contributed by atoms with Crippen LogP contribution in [-0.4, -0.2) is 19.9 Å². The summed E-state index contributed by atoms with van der Waals surface area (Å²) in [6.07, 6.45) is -0.800. The van der Waals surface area contributed by atoms with Crippen LogP contribution in [0, 0.1) is 6.92 Å². The van der Waals surface area contributed by atoms with Crippen LogP contribution in [0.5, 0.6) is 0 Å². The lowest BCUT2D eigenvalue weighted by molar-refractivity contribution is 0.150. The van der Waals surface area contributed by atoms with Gasteiger partial charge in [0.15, 0.2) is 0 Å². The Balaban J connectivity index is 2.21. The molecule has 0 aliphatic carbocycles. The van der Waals surface area contributed by atoms with Gasteiger partial charge in [-0.3, -0.25) is 0 Å². The number of hydrogen-bond acceptors (Lipinski definition) is 3. The highest BCUT2D eigenvalue weighted by Gasteiger charge is 2.15. The van der Waals surface area contributed by atoms with Crippen LogP contribution in [0.3, 0.4) is 0 Å². The molecule has 0 spiro atoms. The Labute approximate surface area is 119 Å². The Kier molecular flexibility index (Phi) is 4.12. The first kappa shape index (κ1) is 13.6. The van der Waals surface area contributed by atoms with E-state index in [0.29, 0.717) is 21.4 Å². The number of aryl methyl sites for hydroxylation is 1. The summed E-state index contributed by atoms with van der Waals surface area (Å²) in [7, 11) is 0. The van der Waals surface area contributed by atoms with E-state index in [-0.39, 0.29) is 11.8 Å². The molecule has 0 fully saturated rings. The highest BCUT2D eigenvalue weighted by atomic mass is 35.5. The fourth-order valence-electron chi connectivity index (χ4n) is 1.59. The van der Waals surface area contributed by atoms with Crippen LogP contribution in [0.4, 0.5) is 0 Å². The first-order valence-electron chi connectivity index (χ1n) is 5.17. The Morgan fingerprint density at radius 2 is 2.06 bits per heavy atom. The van der Waals surface area contributed by atoms with Crippen molar-refractivity contribution >= 4 is 34.8 Å². The lowest BCUT2D eigenvalue weighted by atomic mass is 10.1. The highest BCUT2D eigenvalue weighted by Crippen LogP contribution is 2.27. The van der Waals surface area contributed by atoms with Crippen molar-refractivity contribution in [2.45, 2.75) is 19.6 Å². The van der Waals surface area contributed by atoms with Gasteiger partial charge in [0, 0.05) is 15.6 Å². The van der Waals surface area contributed by atoms with E-state index in [0.717, 1.165) is 0 Å². The summed E-state index contributed by atoms with van der Waals surface area (Å²) in [6, 6.07) is 4.94. The number of halogens is 3. The molecule has 0 amide bonds. The zero-order chi connectivity index (χ0) is 13.3. The molecule has 2 rings (SSSR count). The predicted octanol–water partition coefficient (Wildman–Crippen LogP) is 3.28. The van der Waals surface area contributed by atoms with Gasteiger partial charge in [-0.1, -0.05) is 29.3 Å². The van der Waals surface area contributed by atoms with Gasteiger partial charge in [0.2, 0.25) is 5.28 Å². The van der Waals surface area contributed by atoms with Gasteiger partial charge >= 0.3 is 0 Å². The second kappa shape index (κ2) is 5.45. The van der Waals surface area contributed by atoms with E-state index >= 15 is 0 Å². The smallest absolute Gasteiger partial charge is 0.242 e. The molecule has 1 heterocycles. The number of rotatable bonds is 3. The molecule has 18 heavy (non-hydrogen) atoms. The van der Waals surface area contributed by atoms with Crippen LogP contribution in [0.25, 0.3) is 0 Å². The van der Waals surface area contributed by atoms with Gasteiger partial charge in [-0.2, -0.15) is 0 Å². The van der Waals surface area contributed by atoms with Crippen LogP contribution in [0.2, 0.25) is 15.3 Å². The fourth-order valence-corrected chi connectivity index (χ4v) is 2.34. The van der Waals surface area contributed by atoms with Crippen molar-refractivity contribution in [3.05, 3.63) is 44.9 Å². The van der Waals surface area contributed by atoms with Crippen molar-refractivity contribution < 1.29 is 5.11 Å². The van der Waals surface area contributed by atoms with Crippen LogP contribution in [-0.2, 0) is 6.54 Å². The third-order valence-electron chi connectivity index (χ3n) is 2.50. The molecule has 1 aromatic carbocycles. The predicted molar refractivity (Wildman–Crippen MR) is 71.2 cm³/mol. The highest BCUT2D eigenvalue weighted by molar-refractivity contribution is 6.35. The number of benzene rings is 1. The first-order chi connectivity index (χ1) is 8.47.